The Kier molecular flexibility index (Phi) is 5.88. The number of aliphatic hydroxyl groups is 2. The van der Waals surface area contributed by atoms with Crippen LogP contribution in [0.15, 0.2) is 29.5 Å². The summed E-state index contributed by atoms with van der Waals surface area (Å²) in [5, 5.41) is 33.0. The van der Waals surface area contributed by atoms with E-state index in [-0.39, 0.29) is 17.7 Å². The van der Waals surface area contributed by atoms with Crippen LogP contribution < -0.4 is 10.9 Å². The number of fused-ring (bicyclic) bond motifs is 5. The maximum Gasteiger partial charge on any atom is 0.261 e. The first kappa shape index (κ1) is 24.2. The highest BCUT2D eigenvalue weighted by Gasteiger charge is 2.31. The van der Waals surface area contributed by atoms with E-state index in [4.69, 9.17) is 0 Å². The van der Waals surface area contributed by atoms with Crippen molar-refractivity contribution in [1.82, 2.24) is 39.6 Å². The summed E-state index contributed by atoms with van der Waals surface area (Å²) in [5.74, 6) is 0. The number of pyridine rings is 2. The van der Waals surface area contributed by atoms with Gasteiger partial charge in [-0.25, -0.2) is 4.52 Å². The Morgan fingerprint density at radius 1 is 1.27 bits per heavy atom. The predicted octanol–water partition coefficient (Wildman–Crippen LogP) is 2.13. The number of likely N-dealkylation sites (tertiary alicyclic amines) is 1. The summed E-state index contributed by atoms with van der Waals surface area (Å²) in [6, 6.07) is 1.75. The minimum absolute atomic E-state index is 0.175. The van der Waals surface area contributed by atoms with Crippen LogP contribution >= 0.6 is 11.3 Å². The molecular weight excluding hydrogens is 492 g/mol. The van der Waals surface area contributed by atoms with Crippen LogP contribution in [0, 0.1) is 0 Å². The average molecular weight is 523 g/mol. The van der Waals surface area contributed by atoms with Gasteiger partial charge in [0.2, 0.25) is 0 Å². The van der Waals surface area contributed by atoms with E-state index < -0.39 is 6.23 Å². The third kappa shape index (κ3) is 4.14. The van der Waals surface area contributed by atoms with Crippen LogP contribution in [0.3, 0.4) is 0 Å². The van der Waals surface area contributed by atoms with E-state index >= 15 is 0 Å². The summed E-state index contributed by atoms with van der Waals surface area (Å²) in [5.41, 5.74) is 3.49. The second-order valence-electron chi connectivity index (χ2n) is 10.3. The third-order valence-corrected chi connectivity index (χ3v) is 8.48. The Bertz CT molecular complexity index is 1680. The Morgan fingerprint density at radius 3 is 2.86 bits per heavy atom. The Hall–Kier alpha value is -3.16. The molecule has 0 aromatic carbocycles. The molecule has 0 amide bonds. The highest BCUT2D eigenvalue weighted by Crippen LogP contribution is 2.34. The number of aromatic amines is 1. The first-order valence-corrected chi connectivity index (χ1v) is 13.2. The number of aryl methyl sites for hydroxylation is 1. The molecule has 1 atom stereocenters. The predicted molar refractivity (Wildman–Crippen MR) is 142 cm³/mol. The number of aromatic nitrogens is 6. The van der Waals surface area contributed by atoms with E-state index in [0.29, 0.717) is 44.6 Å². The zero-order valence-corrected chi connectivity index (χ0v) is 21.8. The quantitative estimate of drug-likeness (QED) is 0.239. The number of hydrogen-bond donors (Lipinski definition) is 4. The van der Waals surface area contributed by atoms with E-state index in [1.807, 2.05) is 12.4 Å². The van der Waals surface area contributed by atoms with Crippen LogP contribution in [0.4, 0.5) is 0 Å². The Morgan fingerprint density at radius 2 is 2.11 bits per heavy atom. The van der Waals surface area contributed by atoms with Crippen molar-refractivity contribution in [3.8, 4) is 10.4 Å². The van der Waals surface area contributed by atoms with Crippen LogP contribution in [-0.4, -0.2) is 69.6 Å². The van der Waals surface area contributed by atoms with E-state index in [9.17, 15) is 15.0 Å². The van der Waals surface area contributed by atoms with Crippen LogP contribution in [0.1, 0.15) is 44.2 Å². The molecule has 5 aromatic heterocycles. The van der Waals surface area contributed by atoms with Crippen molar-refractivity contribution < 1.29 is 10.2 Å². The summed E-state index contributed by atoms with van der Waals surface area (Å²) in [4.78, 5) is 24.6. The van der Waals surface area contributed by atoms with Gasteiger partial charge >= 0.3 is 0 Å². The molecule has 4 N–H and O–H groups in total. The van der Waals surface area contributed by atoms with Crippen molar-refractivity contribution in [3.05, 3.63) is 46.3 Å². The topological polar surface area (TPSA) is 137 Å². The molecule has 37 heavy (non-hydrogen) atoms. The van der Waals surface area contributed by atoms with Crippen LogP contribution in [0.5, 0.6) is 0 Å². The lowest BCUT2D eigenvalue weighted by Gasteiger charge is -2.31. The van der Waals surface area contributed by atoms with Crippen LogP contribution in [0.25, 0.3) is 37.2 Å². The van der Waals surface area contributed by atoms with Crippen molar-refractivity contribution in [3.63, 3.8) is 0 Å². The second kappa shape index (κ2) is 8.99. The molecule has 12 heteroatoms. The lowest BCUT2D eigenvalue weighted by atomic mass is 10.0. The minimum atomic E-state index is -0.893. The molecule has 1 saturated heterocycles. The summed E-state index contributed by atoms with van der Waals surface area (Å²) in [6.07, 6.45) is 6.80. The molecule has 194 valence electrons. The lowest BCUT2D eigenvalue weighted by Crippen LogP contribution is -2.42. The monoisotopic (exact) mass is 522 g/mol. The van der Waals surface area contributed by atoms with E-state index in [2.05, 4.69) is 44.2 Å². The summed E-state index contributed by atoms with van der Waals surface area (Å²) >= 11 is 1.41. The molecule has 0 aliphatic carbocycles. The molecule has 1 aliphatic rings. The Labute approximate surface area is 216 Å². The maximum absolute atomic E-state index is 13.1. The number of hydrogen-bond acceptors (Lipinski definition) is 9. The molecule has 11 nitrogen and oxygen atoms in total. The van der Waals surface area contributed by atoms with Gasteiger partial charge in [0.05, 0.1) is 22.7 Å². The summed E-state index contributed by atoms with van der Waals surface area (Å²) in [6.45, 7) is 6.92. The van der Waals surface area contributed by atoms with E-state index in [0.717, 1.165) is 23.5 Å². The zero-order valence-electron chi connectivity index (χ0n) is 21.0. The molecule has 0 radical (unpaired) electrons. The molecular formula is C25H30N8O3S. The van der Waals surface area contributed by atoms with Gasteiger partial charge in [-0.2, -0.15) is 10.2 Å². The van der Waals surface area contributed by atoms with Crippen LogP contribution in [0.2, 0.25) is 0 Å². The van der Waals surface area contributed by atoms with Crippen molar-refractivity contribution >= 4 is 38.1 Å². The highest BCUT2D eigenvalue weighted by atomic mass is 32.1. The number of rotatable bonds is 7. The Balaban J connectivity index is 1.29. The normalized spacial score (nSPS) is 17.0. The maximum atomic E-state index is 13.1. The largest absolute Gasteiger partial charge is 0.390 e. The molecule has 1 aliphatic heterocycles. The summed E-state index contributed by atoms with van der Waals surface area (Å²) < 4.78 is 3.33. The van der Waals surface area contributed by atoms with Gasteiger partial charge in [-0.3, -0.25) is 24.7 Å². The first-order chi connectivity index (χ1) is 17.7. The third-order valence-electron chi connectivity index (χ3n) is 7.35. The molecule has 1 unspecified atom stereocenters. The first-order valence-electron chi connectivity index (χ1n) is 12.4. The van der Waals surface area contributed by atoms with Gasteiger partial charge < -0.3 is 15.2 Å². The molecule has 0 saturated carbocycles. The van der Waals surface area contributed by atoms with Crippen LogP contribution in [-0.2, 0) is 13.7 Å². The zero-order chi connectivity index (χ0) is 25.9. The molecule has 0 bridgehead atoms. The van der Waals surface area contributed by atoms with Crippen molar-refractivity contribution in [2.45, 2.75) is 45.1 Å². The fourth-order valence-electron chi connectivity index (χ4n) is 5.33. The fourth-order valence-corrected chi connectivity index (χ4v) is 6.45. The van der Waals surface area contributed by atoms with Gasteiger partial charge in [-0.15, -0.1) is 11.3 Å². The van der Waals surface area contributed by atoms with Gasteiger partial charge in [0.25, 0.3) is 5.56 Å². The van der Waals surface area contributed by atoms with Gasteiger partial charge in [0.1, 0.15) is 27.5 Å². The number of H-pyrrole nitrogens is 1. The molecule has 6 heterocycles. The smallest absolute Gasteiger partial charge is 0.261 e. The molecule has 5 aromatic rings. The standard InChI is InChI=1S/C25H30N8O3S/c1-25(2)5-4-7-32(25)8-6-26-22(35)14-9-16-20(27-10-14)21-19(23(36)28-16)24-33(30-21)12-18(37-24)15-11-31(3)29-17(15)13-34/h9-12,22,26,34-35H,4-8,13H2,1-3H3,(H,28,36). The highest BCUT2D eigenvalue weighted by molar-refractivity contribution is 7.21. The average Bonchev–Trinajstić information content (AvgIpc) is 3.60. The number of nitrogens with one attached hydrogen (secondary N) is 2. The van der Waals surface area contributed by atoms with Crippen molar-refractivity contribution in [1.29, 1.82) is 0 Å². The molecule has 1 fully saturated rings. The van der Waals surface area contributed by atoms with E-state index in [1.54, 1.807) is 28.5 Å². The van der Waals surface area contributed by atoms with Gasteiger partial charge in [-0.1, -0.05) is 0 Å². The van der Waals surface area contributed by atoms with Gasteiger partial charge in [-0.05, 0) is 39.3 Å². The SMILES string of the molecule is Cn1cc(-c2cn3nc4c5ncc(C(O)NCCN6CCCC6(C)C)cc5[nH]c(=O)c4c3s2)c(CO)n1. The number of aliphatic hydroxyl groups excluding tert-OH is 2. The van der Waals surface area contributed by atoms with Crippen molar-refractivity contribution in [2.24, 2.45) is 7.05 Å². The van der Waals surface area contributed by atoms with Gasteiger partial charge in [0, 0.05) is 55.4 Å². The van der Waals surface area contributed by atoms with Crippen molar-refractivity contribution in [2.75, 3.05) is 19.6 Å². The second-order valence-corrected chi connectivity index (χ2v) is 11.3. The van der Waals surface area contributed by atoms with Gasteiger partial charge in [0.15, 0.2) is 0 Å². The molecule has 6 rings (SSSR count). The summed E-state index contributed by atoms with van der Waals surface area (Å²) in [7, 11) is 1.80. The fraction of sp³-hybridized carbons (Fsp3) is 0.440. The number of nitrogens with zero attached hydrogens (tertiary/aromatic N) is 6. The lowest BCUT2D eigenvalue weighted by molar-refractivity contribution is 0.120. The number of thiazole rings is 1. The van der Waals surface area contributed by atoms with E-state index in [1.165, 1.54) is 24.2 Å². The molecule has 0 spiro atoms. The minimum Gasteiger partial charge on any atom is -0.390 e.